The Balaban J connectivity index is 1.54. The van der Waals surface area contributed by atoms with Crippen LogP contribution in [0.1, 0.15) is 29.3 Å². The zero-order valence-corrected chi connectivity index (χ0v) is 13.1. The van der Waals surface area contributed by atoms with Gasteiger partial charge in [-0.15, -0.1) is 11.3 Å². The molecule has 0 bridgehead atoms. The Morgan fingerprint density at radius 2 is 2.14 bits per heavy atom. The molecule has 22 heavy (non-hydrogen) atoms. The van der Waals surface area contributed by atoms with Gasteiger partial charge in [0.05, 0.1) is 5.69 Å². The number of nitrogens with zero attached hydrogens (tertiary/aromatic N) is 3. The number of rotatable bonds is 2. The molecule has 1 aliphatic rings. The molecule has 0 saturated carbocycles. The van der Waals surface area contributed by atoms with Crippen LogP contribution in [0.2, 0.25) is 0 Å². The minimum Gasteiger partial charge on any atom is -0.356 e. The molecule has 114 valence electrons. The Hall–Kier alpha value is -1.95. The van der Waals surface area contributed by atoms with Crippen LogP contribution < -0.4 is 4.90 Å². The number of benzene rings is 1. The summed E-state index contributed by atoms with van der Waals surface area (Å²) >= 11 is 1.73. The number of thiazole rings is 1. The molecule has 4 nitrogen and oxygen atoms in total. The molecule has 1 aromatic carbocycles. The van der Waals surface area contributed by atoms with Crippen molar-refractivity contribution < 1.29 is 8.91 Å². The fourth-order valence-electron chi connectivity index (χ4n) is 3.06. The SMILES string of the molecule is Cc1cnc(N2CCC(c3noc4ccc(F)cc34)CC2)s1. The Bertz CT molecular complexity index is 805. The number of anilines is 1. The molecule has 0 spiro atoms. The summed E-state index contributed by atoms with van der Waals surface area (Å²) < 4.78 is 18.8. The molecule has 1 fully saturated rings. The fraction of sp³-hybridized carbons (Fsp3) is 0.375. The highest BCUT2D eigenvalue weighted by Crippen LogP contribution is 2.35. The minimum absolute atomic E-state index is 0.243. The average molecular weight is 317 g/mol. The number of halogens is 1. The lowest BCUT2D eigenvalue weighted by atomic mass is 9.92. The van der Waals surface area contributed by atoms with Gasteiger partial charge in [-0.25, -0.2) is 9.37 Å². The minimum atomic E-state index is -0.243. The molecule has 0 N–H and O–H groups in total. The van der Waals surface area contributed by atoms with E-state index in [-0.39, 0.29) is 5.82 Å². The number of aromatic nitrogens is 2. The van der Waals surface area contributed by atoms with Crippen LogP contribution in [0.25, 0.3) is 11.0 Å². The van der Waals surface area contributed by atoms with Gasteiger partial charge in [-0.3, -0.25) is 0 Å². The number of piperidine rings is 1. The Morgan fingerprint density at radius 1 is 1.32 bits per heavy atom. The molecular weight excluding hydrogens is 301 g/mol. The Labute approximate surface area is 131 Å². The van der Waals surface area contributed by atoms with Gasteiger partial charge in [-0.05, 0) is 38.0 Å². The van der Waals surface area contributed by atoms with Gasteiger partial charge >= 0.3 is 0 Å². The third-order valence-corrected chi connectivity index (χ3v) is 5.19. The number of fused-ring (bicyclic) bond motifs is 1. The Kier molecular flexibility index (Phi) is 3.33. The standard InChI is InChI=1S/C16H16FN3OS/c1-10-9-18-16(22-10)20-6-4-11(5-7-20)15-13-8-12(17)2-3-14(13)21-19-15/h2-3,8-9,11H,4-7H2,1H3. The largest absolute Gasteiger partial charge is 0.356 e. The normalized spacial score (nSPS) is 16.5. The highest BCUT2D eigenvalue weighted by atomic mass is 32.1. The van der Waals surface area contributed by atoms with Crippen molar-refractivity contribution in [2.45, 2.75) is 25.7 Å². The van der Waals surface area contributed by atoms with Crippen molar-refractivity contribution in [3.05, 3.63) is 40.8 Å². The quantitative estimate of drug-likeness (QED) is 0.713. The second kappa shape index (κ2) is 5.35. The molecule has 0 amide bonds. The lowest BCUT2D eigenvalue weighted by molar-refractivity contribution is 0.417. The highest BCUT2D eigenvalue weighted by molar-refractivity contribution is 7.15. The second-order valence-corrected chi connectivity index (χ2v) is 6.94. The molecule has 4 rings (SSSR count). The fourth-order valence-corrected chi connectivity index (χ4v) is 3.87. The van der Waals surface area contributed by atoms with E-state index >= 15 is 0 Å². The summed E-state index contributed by atoms with van der Waals surface area (Å²) in [6.07, 6.45) is 3.88. The van der Waals surface area contributed by atoms with Gasteiger partial charge in [0.25, 0.3) is 0 Å². The van der Waals surface area contributed by atoms with Gasteiger partial charge in [0.15, 0.2) is 10.7 Å². The summed E-state index contributed by atoms with van der Waals surface area (Å²) in [7, 11) is 0. The molecule has 1 saturated heterocycles. The summed E-state index contributed by atoms with van der Waals surface area (Å²) in [5.74, 6) is 0.0769. The van der Waals surface area contributed by atoms with E-state index in [1.807, 2.05) is 6.20 Å². The molecule has 0 unspecified atom stereocenters. The molecule has 6 heteroatoms. The van der Waals surface area contributed by atoms with Gasteiger partial charge in [0, 0.05) is 35.5 Å². The smallest absolute Gasteiger partial charge is 0.185 e. The van der Waals surface area contributed by atoms with E-state index < -0.39 is 0 Å². The van der Waals surface area contributed by atoms with E-state index in [2.05, 4.69) is 22.0 Å². The molecule has 0 radical (unpaired) electrons. The number of aryl methyl sites for hydroxylation is 1. The maximum atomic E-state index is 13.5. The average Bonchev–Trinajstić information content (AvgIpc) is 3.13. The maximum absolute atomic E-state index is 13.5. The van der Waals surface area contributed by atoms with Crippen molar-refractivity contribution >= 4 is 27.4 Å². The zero-order chi connectivity index (χ0) is 15.1. The number of hydrogen-bond acceptors (Lipinski definition) is 5. The van der Waals surface area contributed by atoms with Gasteiger partial charge in [-0.2, -0.15) is 0 Å². The van der Waals surface area contributed by atoms with Crippen LogP contribution in [-0.4, -0.2) is 23.2 Å². The van der Waals surface area contributed by atoms with Crippen LogP contribution in [0.4, 0.5) is 9.52 Å². The molecule has 0 aliphatic carbocycles. The van der Waals surface area contributed by atoms with Crippen molar-refractivity contribution in [3.63, 3.8) is 0 Å². The zero-order valence-electron chi connectivity index (χ0n) is 12.3. The summed E-state index contributed by atoms with van der Waals surface area (Å²) in [4.78, 5) is 8.00. The van der Waals surface area contributed by atoms with Gasteiger partial charge in [-0.1, -0.05) is 5.16 Å². The molecule has 3 aromatic rings. The summed E-state index contributed by atoms with van der Waals surface area (Å²) in [6, 6.07) is 4.58. The first-order chi connectivity index (χ1) is 10.7. The van der Waals surface area contributed by atoms with E-state index in [9.17, 15) is 4.39 Å². The van der Waals surface area contributed by atoms with Crippen LogP contribution in [0.15, 0.2) is 28.9 Å². The van der Waals surface area contributed by atoms with E-state index in [1.54, 1.807) is 17.4 Å². The summed E-state index contributed by atoms with van der Waals surface area (Å²) in [5.41, 5.74) is 1.55. The first-order valence-corrected chi connectivity index (χ1v) is 8.24. The van der Waals surface area contributed by atoms with Crippen molar-refractivity contribution in [3.8, 4) is 0 Å². The van der Waals surface area contributed by atoms with Crippen molar-refractivity contribution in [1.82, 2.24) is 10.1 Å². The first kappa shape index (κ1) is 13.7. The molecule has 3 heterocycles. The number of hydrogen-bond donors (Lipinski definition) is 0. The van der Waals surface area contributed by atoms with Crippen molar-refractivity contribution in [2.75, 3.05) is 18.0 Å². The summed E-state index contributed by atoms with van der Waals surface area (Å²) in [5, 5.41) is 6.09. The van der Waals surface area contributed by atoms with Crippen molar-refractivity contribution in [1.29, 1.82) is 0 Å². The lowest BCUT2D eigenvalue weighted by Gasteiger charge is -2.30. The van der Waals surface area contributed by atoms with E-state index in [1.165, 1.54) is 17.0 Å². The molecular formula is C16H16FN3OS. The topological polar surface area (TPSA) is 42.2 Å². The van der Waals surface area contributed by atoms with Gasteiger partial charge in [0.1, 0.15) is 5.82 Å². The van der Waals surface area contributed by atoms with Crippen LogP contribution >= 0.6 is 11.3 Å². The van der Waals surface area contributed by atoms with Crippen LogP contribution in [0.3, 0.4) is 0 Å². The van der Waals surface area contributed by atoms with Gasteiger partial charge < -0.3 is 9.42 Å². The van der Waals surface area contributed by atoms with E-state index in [0.29, 0.717) is 11.5 Å². The van der Waals surface area contributed by atoms with Crippen molar-refractivity contribution in [2.24, 2.45) is 0 Å². The molecule has 2 aromatic heterocycles. The third kappa shape index (κ3) is 2.37. The Morgan fingerprint density at radius 3 is 2.86 bits per heavy atom. The van der Waals surface area contributed by atoms with Crippen LogP contribution in [0.5, 0.6) is 0 Å². The highest BCUT2D eigenvalue weighted by Gasteiger charge is 2.26. The van der Waals surface area contributed by atoms with Crippen LogP contribution in [0, 0.1) is 12.7 Å². The molecule has 1 aliphatic heterocycles. The monoisotopic (exact) mass is 317 g/mol. The summed E-state index contributed by atoms with van der Waals surface area (Å²) in [6.45, 7) is 3.96. The molecule has 0 atom stereocenters. The predicted molar refractivity (Wildman–Crippen MR) is 85.0 cm³/mol. The second-order valence-electron chi connectivity index (χ2n) is 5.72. The van der Waals surface area contributed by atoms with Gasteiger partial charge in [0.2, 0.25) is 0 Å². The predicted octanol–water partition coefficient (Wildman–Crippen LogP) is 4.12. The maximum Gasteiger partial charge on any atom is 0.185 e. The van der Waals surface area contributed by atoms with Crippen LogP contribution in [-0.2, 0) is 0 Å². The first-order valence-electron chi connectivity index (χ1n) is 7.43. The van der Waals surface area contributed by atoms with E-state index in [0.717, 1.165) is 42.1 Å². The third-order valence-electron chi connectivity index (χ3n) is 4.22. The lowest BCUT2D eigenvalue weighted by Crippen LogP contribution is -2.32. The van der Waals surface area contributed by atoms with E-state index in [4.69, 9.17) is 4.52 Å².